The second-order valence-electron chi connectivity index (χ2n) is 7.08. The van der Waals surface area contributed by atoms with Gasteiger partial charge in [-0.3, -0.25) is 14.6 Å². The third kappa shape index (κ3) is 9.00. The van der Waals surface area contributed by atoms with E-state index in [4.69, 9.17) is 5.11 Å². The van der Waals surface area contributed by atoms with E-state index in [1.165, 1.54) is 57.8 Å². The van der Waals surface area contributed by atoms with E-state index >= 15 is 0 Å². The summed E-state index contributed by atoms with van der Waals surface area (Å²) in [5, 5.41) is 18.2. The molecule has 2 N–H and O–H groups in total. The van der Waals surface area contributed by atoms with Gasteiger partial charge < -0.3 is 10.2 Å². The molecule has 1 saturated heterocycles. The van der Waals surface area contributed by atoms with Crippen LogP contribution in [0.1, 0.15) is 77.6 Å². The van der Waals surface area contributed by atoms with Crippen molar-refractivity contribution in [2.75, 3.05) is 32.8 Å². The van der Waals surface area contributed by atoms with Gasteiger partial charge in [0.2, 0.25) is 0 Å². The van der Waals surface area contributed by atoms with E-state index in [1.54, 1.807) is 0 Å². The molecule has 1 aliphatic heterocycles. The molecular weight excluding hydrogens is 304 g/mol. The van der Waals surface area contributed by atoms with Crippen molar-refractivity contribution >= 4 is 5.97 Å². The minimum absolute atomic E-state index is 0.115. The van der Waals surface area contributed by atoms with E-state index in [9.17, 15) is 9.90 Å². The predicted octanol–water partition coefficient (Wildman–Crippen LogP) is 3.32. The largest absolute Gasteiger partial charge is 0.480 e. The molecule has 0 radical (unpaired) electrons. The Kier molecular flexibility index (Phi) is 12.1. The number of aliphatic hydroxyl groups is 1. The smallest absolute Gasteiger partial charge is 0.317 e. The monoisotopic (exact) mass is 342 g/mol. The Hall–Kier alpha value is -0.650. The van der Waals surface area contributed by atoms with Gasteiger partial charge in [0.05, 0.1) is 19.3 Å². The molecule has 1 heterocycles. The number of β-amino-alcohol motifs (C(OH)–C–C–N with tert-alkyl or cyclic N) is 1. The molecule has 5 heteroatoms. The number of carbonyl (C=O) groups is 1. The quantitative estimate of drug-likeness (QED) is 0.447. The SMILES string of the molecule is CCCCCCCCCCCCC1N(CCO)CCN1CC(=O)O. The van der Waals surface area contributed by atoms with Crippen molar-refractivity contribution in [3.8, 4) is 0 Å². The van der Waals surface area contributed by atoms with Crippen molar-refractivity contribution in [2.24, 2.45) is 0 Å². The van der Waals surface area contributed by atoms with E-state index in [0.717, 1.165) is 25.9 Å². The second kappa shape index (κ2) is 13.6. The highest BCUT2D eigenvalue weighted by molar-refractivity contribution is 5.69. The molecule has 0 aromatic carbocycles. The number of nitrogens with zero attached hydrogens (tertiary/aromatic N) is 2. The average Bonchev–Trinajstić information content (AvgIpc) is 2.91. The third-order valence-electron chi connectivity index (χ3n) is 5.06. The van der Waals surface area contributed by atoms with Crippen molar-refractivity contribution in [3.05, 3.63) is 0 Å². The van der Waals surface area contributed by atoms with Crippen LogP contribution >= 0.6 is 0 Å². The van der Waals surface area contributed by atoms with E-state index in [-0.39, 0.29) is 19.3 Å². The molecular formula is C19H38N2O3. The van der Waals surface area contributed by atoms with Crippen molar-refractivity contribution in [1.29, 1.82) is 0 Å². The van der Waals surface area contributed by atoms with Gasteiger partial charge in [-0.2, -0.15) is 0 Å². The third-order valence-corrected chi connectivity index (χ3v) is 5.06. The molecule has 0 spiro atoms. The molecule has 1 rings (SSSR count). The van der Waals surface area contributed by atoms with Gasteiger partial charge in [-0.15, -0.1) is 0 Å². The van der Waals surface area contributed by atoms with Crippen LogP contribution in [0.25, 0.3) is 0 Å². The first-order valence-electron chi connectivity index (χ1n) is 9.99. The lowest BCUT2D eigenvalue weighted by Gasteiger charge is -2.29. The Morgan fingerprint density at radius 1 is 0.917 bits per heavy atom. The summed E-state index contributed by atoms with van der Waals surface area (Å²) in [4.78, 5) is 15.3. The first-order chi connectivity index (χ1) is 11.7. The highest BCUT2D eigenvalue weighted by Crippen LogP contribution is 2.20. The summed E-state index contributed by atoms with van der Waals surface area (Å²) in [6.07, 6.45) is 14.4. The van der Waals surface area contributed by atoms with Gasteiger partial charge in [0.25, 0.3) is 0 Å². The lowest BCUT2D eigenvalue weighted by molar-refractivity contribution is -0.139. The van der Waals surface area contributed by atoms with Crippen molar-refractivity contribution < 1.29 is 15.0 Å². The van der Waals surface area contributed by atoms with Crippen LogP contribution in [0, 0.1) is 0 Å². The Labute approximate surface area is 148 Å². The van der Waals surface area contributed by atoms with Crippen LogP contribution in [0.3, 0.4) is 0 Å². The maximum absolute atomic E-state index is 11.0. The topological polar surface area (TPSA) is 64.0 Å². The van der Waals surface area contributed by atoms with Crippen molar-refractivity contribution in [2.45, 2.75) is 83.7 Å². The molecule has 1 atom stereocenters. The minimum atomic E-state index is -0.756. The molecule has 0 aromatic rings. The summed E-state index contributed by atoms with van der Waals surface area (Å²) in [6, 6.07) is 0. The van der Waals surface area contributed by atoms with Crippen LogP contribution in [0.5, 0.6) is 0 Å². The molecule has 142 valence electrons. The molecule has 1 unspecified atom stereocenters. The second-order valence-corrected chi connectivity index (χ2v) is 7.08. The van der Waals surface area contributed by atoms with Crippen LogP contribution in [0.4, 0.5) is 0 Å². The molecule has 24 heavy (non-hydrogen) atoms. The number of rotatable bonds is 15. The van der Waals surface area contributed by atoms with Gasteiger partial charge in [-0.1, -0.05) is 71.1 Å². The number of aliphatic hydroxyl groups excluding tert-OH is 1. The lowest BCUT2D eigenvalue weighted by Crippen LogP contribution is -2.42. The minimum Gasteiger partial charge on any atom is -0.480 e. The number of carboxylic acids is 1. The molecule has 0 amide bonds. The van der Waals surface area contributed by atoms with Gasteiger partial charge in [-0.05, 0) is 6.42 Å². The highest BCUT2D eigenvalue weighted by atomic mass is 16.4. The number of hydrogen-bond donors (Lipinski definition) is 2. The van der Waals surface area contributed by atoms with E-state index in [1.807, 2.05) is 4.90 Å². The Morgan fingerprint density at radius 3 is 2.00 bits per heavy atom. The normalized spacial score (nSPS) is 19.2. The van der Waals surface area contributed by atoms with Crippen LogP contribution in [0.15, 0.2) is 0 Å². The Morgan fingerprint density at radius 2 is 1.46 bits per heavy atom. The molecule has 5 nitrogen and oxygen atoms in total. The summed E-state index contributed by atoms with van der Waals surface area (Å²) in [7, 11) is 0. The standard InChI is InChI=1S/C19H38N2O3/c1-2-3-4-5-6-7-8-9-10-11-12-18-20(15-16-22)13-14-21(18)17-19(23)24/h18,22H,2-17H2,1H3,(H,23,24). The lowest BCUT2D eigenvalue weighted by atomic mass is 10.1. The zero-order chi connectivity index (χ0) is 17.6. The molecule has 0 saturated carbocycles. The zero-order valence-corrected chi connectivity index (χ0v) is 15.6. The fourth-order valence-electron chi connectivity index (χ4n) is 3.71. The van der Waals surface area contributed by atoms with E-state index in [0.29, 0.717) is 6.54 Å². The summed E-state index contributed by atoms with van der Waals surface area (Å²) in [5.74, 6) is -0.756. The van der Waals surface area contributed by atoms with Gasteiger partial charge >= 0.3 is 5.97 Å². The van der Waals surface area contributed by atoms with Crippen LogP contribution < -0.4 is 0 Å². The summed E-state index contributed by atoms with van der Waals surface area (Å²) in [5.41, 5.74) is 0. The Balaban J connectivity index is 2.12. The molecule has 0 aliphatic carbocycles. The number of carboxylic acid groups (broad SMARTS) is 1. The zero-order valence-electron chi connectivity index (χ0n) is 15.6. The molecule has 1 aliphatic rings. The van der Waals surface area contributed by atoms with Gasteiger partial charge in [0.1, 0.15) is 0 Å². The van der Waals surface area contributed by atoms with Crippen molar-refractivity contribution in [1.82, 2.24) is 9.80 Å². The maximum Gasteiger partial charge on any atom is 0.317 e. The predicted molar refractivity (Wildman–Crippen MR) is 98.1 cm³/mol. The first kappa shape index (κ1) is 21.4. The number of hydrogen-bond acceptors (Lipinski definition) is 4. The van der Waals surface area contributed by atoms with Crippen molar-refractivity contribution in [3.63, 3.8) is 0 Å². The van der Waals surface area contributed by atoms with E-state index < -0.39 is 5.97 Å². The fraction of sp³-hybridized carbons (Fsp3) is 0.947. The maximum atomic E-state index is 11.0. The van der Waals surface area contributed by atoms with Gasteiger partial charge in [-0.25, -0.2) is 0 Å². The molecule has 0 aromatic heterocycles. The first-order valence-corrected chi connectivity index (χ1v) is 9.99. The summed E-state index contributed by atoms with van der Waals surface area (Å²) < 4.78 is 0. The van der Waals surface area contributed by atoms with Gasteiger partial charge in [0, 0.05) is 19.6 Å². The fourth-order valence-corrected chi connectivity index (χ4v) is 3.71. The van der Waals surface area contributed by atoms with Crippen LogP contribution in [-0.4, -0.2) is 64.9 Å². The molecule has 1 fully saturated rings. The summed E-state index contributed by atoms with van der Waals surface area (Å²) in [6.45, 7) is 4.84. The summed E-state index contributed by atoms with van der Waals surface area (Å²) >= 11 is 0. The van der Waals surface area contributed by atoms with Crippen LogP contribution in [0.2, 0.25) is 0 Å². The Bertz CT molecular complexity index is 326. The highest BCUT2D eigenvalue weighted by Gasteiger charge is 2.31. The number of aliphatic carboxylic acids is 1. The van der Waals surface area contributed by atoms with Crippen LogP contribution in [-0.2, 0) is 4.79 Å². The van der Waals surface area contributed by atoms with Gasteiger partial charge in [0.15, 0.2) is 0 Å². The average molecular weight is 343 g/mol. The number of unbranched alkanes of at least 4 members (excludes halogenated alkanes) is 9. The van der Waals surface area contributed by atoms with E-state index in [2.05, 4.69) is 11.8 Å². The molecule has 0 bridgehead atoms.